The predicted octanol–water partition coefficient (Wildman–Crippen LogP) is 1.61. The third kappa shape index (κ3) is 2.17. The number of rotatable bonds is 3. The molecule has 0 spiro atoms. The molecular weight excluding hydrogens is 306 g/mol. The minimum atomic E-state index is -0.824. The van der Waals surface area contributed by atoms with Gasteiger partial charge in [-0.25, -0.2) is 0 Å². The van der Waals surface area contributed by atoms with Gasteiger partial charge in [-0.15, -0.1) is 0 Å². The van der Waals surface area contributed by atoms with Gasteiger partial charge in [0, 0.05) is 6.20 Å². The molecule has 1 aromatic rings. The number of amides is 3. The van der Waals surface area contributed by atoms with Gasteiger partial charge in [-0.1, -0.05) is 12.2 Å². The zero-order valence-electron chi connectivity index (χ0n) is 13.4. The Morgan fingerprint density at radius 1 is 1.21 bits per heavy atom. The number of aromatic nitrogens is 1. The molecule has 0 radical (unpaired) electrons. The standard InChI is InChI=1S/C18H19N3O3/c1-10(16(22)20-13-3-2-8-19-9-13)21-17(23)14-11-4-5-12(7-6-11)15(14)18(21)24/h2-5,8-12,14-15H,6-7H2,1H3,(H,20,22). The monoisotopic (exact) mass is 325 g/mol. The lowest BCUT2D eigenvalue weighted by molar-refractivity contribution is -0.146. The van der Waals surface area contributed by atoms with Crippen molar-refractivity contribution in [2.45, 2.75) is 25.8 Å². The smallest absolute Gasteiger partial charge is 0.247 e. The second-order valence-corrected chi connectivity index (χ2v) is 6.79. The zero-order chi connectivity index (χ0) is 16.8. The summed E-state index contributed by atoms with van der Waals surface area (Å²) in [5, 5.41) is 2.72. The van der Waals surface area contributed by atoms with Crippen molar-refractivity contribution in [3.8, 4) is 0 Å². The van der Waals surface area contributed by atoms with Crippen LogP contribution in [0.1, 0.15) is 19.8 Å². The summed E-state index contributed by atoms with van der Waals surface area (Å²) in [6.07, 6.45) is 9.19. The lowest BCUT2D eigenvalue weighted by Crippen LogP contribution is -2.46. The topological polar surface area (TPSA) is 79.4 Å². The number of nitrogens with one attached hydrogen (secondary N) is 1. The fourth-order valence-corrected chi connectivity index (χ4v) is 4.28. The molecule has 6 nitrogen and oxygen atoms in total. The second-order valence-electron chi connectivity index (χ2n) is 6.79. The normalized spacial score (nSPS) is 32.0. The Bertz CT molecular complexity index is 698. The van der Waals surface area contributed by atoms with Crippen LogP contribution < -0.4 is 5.32 Å². The number of carbonyl (C=O) groups is 3. The van der Waals surface area contributed by atoms with Crippen LogP contribution >= 0.6 is 0 Å². The van der Waals surface area contributed by atoms with Gasteiger partial charge in [0.1, 0.15) is 6.04 Å². The van der Waals surface area contributed by atoms with Crippen molar-refractivity contribution in [2.75, 3.05) is 5.32 Å². The Hall–Kier alpha value is -2.50. The summed E-state index contributed by atoms with van der Waals surface area (Å²) < 4.78 is 0. The maximum Gasteiger partial charge on any atom is 0.247 e. The largest absolute Gasteiger partial charge is 0.323 e. The van der Waals surface area contributed by atoms with E-state index in [1.165, 1.54) is 11.1 Å². The highest BCUT2D eigenvalue weighted by Crippen LogP contribution is 2.49. The Morgan fingerprint density at radius 3 is 2.33 bits per heavy atom. The molecule has 1 aliphatic heterocycles. The van der Waals surface area contributed by atoms with E-state index in [2.05, 4.69) is 22.5 Å². The first-order chi connectivity index (χ1) is 11.6. The molecule has 24 heavy (non-hydrogen) atoms. The Balaban J connectivity index is 1.55. The number of carbonyl (C=O) groups excluding carboxylic acids is 3. The molecular formula is C18H19N3O3. The molecule has 3 aliphatic carbocycles. The lowest BCUT2D eigenvalue weighted by atomic mass is 9.63. The Kier molecular flexibility index (Phi) is 3.48. The molecule has 5 unspecified atom stereocenters. The fraction of sp³-hybridized carbons (Fsp3) is 0.444. The first-order valence-electron chi connectivity index (χ1n) is 8.34. The Morgan fingerprint density at radius 2 is 1.83 bits per heavy atom. The van der Waals surface area contributed by atoms with Crippen molar-refractivity contribution >= 4 is 23.4 Å². The van der Waals surface area contributed by atoms with E-state index in [9.17, 15) is 14.4 Å². The number of anilines is 1. The SMILES string of the molecule is CC(C(=O)Nc1cccnc1)N1C(=O)C2C3C=CC(CC3)C2C1=O. The quantitative estimate of drug-likeness (QED) is 0.676. The van der Waals surface area contributed by atoms with Crippen LogP contribution in [-0.4, -0.2) is 33.6 Å². The van der Waals surface area contributed by atoms with Crippen LogP contribution in [0.4, 0.5) is 5.69 Å². The second kappa shape index (κ2) is 5.54. The van der Waals surface area contributed by atoms with Gasteiger partial charge in [0.2, 0.25) is 17.7 Å². The van der Waals surface area contributed by atoms with E-state index in [1.807, 2.05) is 0 Å². The highest BCUT2D eigenvalue weighted by Gasteiger charge is 2.58. The van der Waals surface area contributed by atoms with E-state index in [0.29, 0.717) is 5.69 Å². The zero-order valence-corrected chi connectivity index (χ0v) is 13.4. The first-order valence-corrected chi connectivity index (χ1v) is 8.34. The van der Waals surface area contributed by atoms with Gasteiger partial charge < -0.3 is 5.32 Å². The number of hydrogen-bond acceptors (Lipinski definition) is 4. The van der Waals surface area contributed by atoms with E-state index >= 15 is 0 Å². The third-order valence-electron chi connectivity index (χ3n) is 5.49. The summed E-state index contributed by atoms with van der Waals surface area (Å²) in [6, 6.07) is 2.61. The summed E-state index contributed by atoms with van der Waals surface area (Å²) in [6.45, 7) is 1.61. The summed E-state index contributed by atoms with van der Waals surface area (Å²) in [5.74, 6) is -1.06. The number of nitrogens with zero attached hydrogens (tertiary/aromatic N) is 2. The van der Waals surface area contributed by atoms with Crippen molar-refractivity contribution in [3.05, 3.63) is 36.7 Å². The van der Waals surface area contributed by atoms with E-state index < -0.39 is 6.04 Å². The molecule has 6 heteroatoms. The molecule has 5 rings (SSSR count). The molecule has 1 aromatic heterocycles. The lowest BCUT2D eigenvalue weighted by Gasteiger charge is -2.38. The third-order valence-corrected chi connectivity index (χ3v) is 5.49. The van der Waals surface area contributed by atoms with Crippen LogP contribution in [0.2, 0.25) is 0 Å². The molecule has 4 aliphatic rings. The number of fused-ring (bicyclic) bond motifs is 1. The molecule has 2 heterocycles. The number of imide groups is 1. The van der Waals surface area contributed by atoms with Crippen LogP contribution in [-0.2, 0) is 14.4 Å². The van der Waals surface area contributed by atoms with Crippen LogP contribution in [0.15, 0.2) is 36.7 Å². The summed E-state index contributed by atoms with van der Waals surface area (Å²) in [5.41, 5.74) is 0.549. The van der Waals surface area contributed by atoms with Gasteiger partial charge in [0.15, 0.2) is 0 Å². The van der Waals surface area contributed by atoms with Gasteiger partial charge >= 0.3 is 0 Å². The summed E-state index contributed by atoms with van der Waals surface area (Å²) >= 11 is 0. The number of allylic oxidation sites excluding steroid dienone is 2. The number of pyridine rings is 1. The van der Waals surface area contributed by atoms with Crippen LogP contribution in [0.5, 0.6) is 0 Å². The molecule has 124 valence electrons. The average molecular weight is 325 g/mol. The predicted molar refractivity (Wildman–Crippen MR) is 86.5 cm³/mol. The highest BCUT2D eigenvalue weighted by molar-refractivity contribution is 6.10. The van der Waals surface area contributed by atoms with E-state index in [4.69, 9.17) is 0 Å². The van der Waals surface area contributed by atoms with Crippen molar-refractivity contribution in [1.29, 1.82) is 0 Å². The summed E-state index contributed by atoms with van der Waals surface area (Å²) in [4.78, 5) is 43.2. The minimum absolute atomic E-state index is 0.134. The van der Waals surface area contributed by atoms with Gasteiger partial charge in [-0.3, -0.25) is 24.3 Å². The molecule has 1 saturated carbocycles. The van der Waals surface area contributed by atoms with Gasteiger partial charge in [0.25, 0.3) is 0 Å². The molecule has 1 N–H and O–H groups in total. The average Bonchev–Trinajstić information content (AvgIpc) is 2.89. The van der Waals surface area contributed by atoms with Crippen molar-refractivity contribution < 1.29 is 14.4 Å². The van der Waals surface area contributed by atoms with Crippen LogP contribution in [0.25, 0.3) is 0 Å². The maximum absolute atomic E-state index is 12.8. The Labute approximate surface area is 139 Å². The molecule has 3 amide bonds. The van der Waals surface area contributed by atoms with Crippen LogP contribution in [0, 0.1) is 23.7 Å². The highest BCUT2D eigenvalue weighted by atomic mass is 16.2. The first kappa shape index (κ1) is 15.1. The van der Waals surface area contributed by atoms with E-state index in [0.717, 1.165) is 12.8 Å². The van der Waals surface area contributed by atoms with Crippen molar-refractivity contribution in [1.82, 2.24) is 9.88 Å². The number of hydrogen-bond donors (Lipinski definition) is 1. The molecule has 0 aromatic carbocycles. The summed E-state index contributed by atoms with van der Waals surface area (Å²) in [7, 11) is 0. The molecule has 1 saturated heterocycles. The van der Waals surface area contributed by atoms with Gasteiger partial charge in [-0.2, -0.15) is 0 Å². The van der Waals surface area contributed by atoms with E-state index in [-0.39, 0.29) is 41.4 Å². The molecule has 5 atom stereocenters. The van der Waals surface area contributed by atoms with Gasteiger partial charge in [0.05, 0.1) is 23.7 Å². The van der Waals surface area contributed by atoms with Crippen LogP contribution in [0.3, 0.4) is 0 Å². The van der Waals surface area contributed by atoms with Gasteiger partial charge in [-0.05, 0) is 43.7 Å². The fourth-order valence-electron chi connectivity index (χ4n) is 4.28. The molecule has 2 fully saturated rings. The van der Waals surface area contributed by atoms with Crippen molar-refractivity contribution in [2.24, 2.45) is 23.7 Å². The maximum atomic E-state index is 12.8. The minimum Gasteiger partial charge on any atom is -0.323 e. The number of likely N-dealkylation sites (tertiary alicyclic amines) is 1. The molecule has 2 bridgehead atoms. The van der Waals surface area contributed by atoms with Crippen molar-refractivity contribution in [3.63, 3.8) is 0 Å². The van der Waals surface area contributed by atoms with E-state index in [1.54, 1.807) is 25.3 Å².